The Bertz CT molecular complexity index is 1350. The molecule has 7 nitrogen and oxygen atoms in total. The van der Waals surface area contributed by atoms with Gasteiger partial charge >= 0.3 is 18.4 Å². The van der Waals surface area contributed by atoms with Crippen LogP contribution in [-0.2, 0) is 22.5 Å². The van der Waals surface area contributed by atoms with Crippen molar-refractivity contribution in [3.05, 3.63) is 64.7 Å². The van der Waals surface area contributed by atoms with Crippen LogP contribution in [0.2, 0.25) is 0 Å². The van der Waals surface area contributed by atoms with Gasteiger partial charge in [0.25, 0.3) is 5.60 Å². The lowest BCUT2D eigenvalue weighted by atomic mass is 9.88. The first kappa shape index (κ1) is 38.0. The van der Waals surface area contributed by atoms with E-state index in [1.54, 1.807) is 32.1 Å². The molecule has 1 aliphatic rings. The van der Waals surface area contributed by atoms with Gasteiger partial charge in [0, 0.05) is 23.2 Å². The number of hydrogen-bond acceptors (Lipinski definition) is 5. The quantitative estimate of drug-likeness (QED) is 0.146. The summed E-state index contributed by atoms with van der Waals surface area (Å²) in [5, 5.41) is 13.0. The number of carbonyl (C=O) groups is 1. The van der Waals surface area contributed by atoms with Crippen LogP contribution < -0.4 is 14.8 Å². The van der Waals surface area contributed by atoms with E-state index in [0.717, 1.165) is 11.6 Å². The second-order valence-corrected chi connectivity index (χ2v) is 11.9. The summed E-state index contributed by atoms with van der Waals surface area (Å²) in [5.41, 5.74) is -6.52. The molecule has 1 saturated heterocycles. The Balaban J connectivity index is 1.69. The number of carbonyl (C=O) groups excluding carboxylic acids is 1. The molecular formula is C34H44F6N2O5. The molecule has 2 N–H and O–H groups in total. The van der Waals surface area contributed by atoms with Crippen molar-refractivity contribution in [1.82, 2.24) is 10.2 Å². The van der Waals surface area contributed by atoms with E-state index in [1.807, 2.05) is 32.9 Å². The number of alkyl halides is 6. The minimum absolute atomic E-state index is 0.0122. The fraction of sp³-hybridized carbons (Fsp3) is 0.559. The fourth-order valence-corrected chi connectivity index (χ4v) is 5.15. The molecule has 1 atom stereocenters. The average Bonchev–Trinajstić information content (AvgIpc) is 2.97. The van der Waals surface area contributed by atoms with E-state index in [4.69, 9.17) is 14.2 Å². The molecule has 2 aromatic rings. The number of benzene rings is 2. The molecule has 3 rings (SSSR count). The number of amides is 2. The van der Waals surface area contributed by atoms with Crippen molar-refractivity contribution in [3.8, 4) is 11.5 Å². The number of allylic oxidation sites excluding steroid dienone is 1. The molecule has 0 saturated carbocycles. The Morgan fingerprint density at radius 2 is 1.70 bits per heavy atom. The number of nitrogens with one attached hydrogen (secondary N) is 1. The summed E-state index contributed by atoms with van der Waals surface area (Å²) in [4.78, 5) is 14.4. The lowest BCUT2D eigenvalue weighted by Gasteiger charge is -2.40. The minimum atomic E-state index is -6.00. The summed E-state index contributed by atoms with van der Waals surface area (Å²) in [6, 6.07) is 8.35. The minimum Gasteiger partial charge on any atom is -0.493 e. The molecule has 13 heteroatoms. The average molecular weight is 675 g/mol. The predicted molar refractivity (Wildman–Crippen MR) is 166 cm³/mol. The Labute approximate surface area is 271 Å². The third-order valence-corrected chi connectivity index (χ3v) is 7.69. The number of aliphatic hydroxyl groups is 1. The van der Waals surface area contributed by atoms with E-state index in [2.05, 4.69) is 5.32 Å². The lowest BCUT2D eigenvalue weighted by molar-refractivity contribution is -0.376. The molecule has 0 aliphatic carbocycles. The van der Waals surface area contributed by atoms with Crippen LogP contribution in [-0.4, -0.2) is 54.4 Å². The standard InChI is InChI=1S/C34H44F6N2O5/c1-6-8-9-13-25-21-27(32(44,33(35,36)37)34(38,39)40)20-24(12-7-2)29(25)45-19-11-10-18-42-22-46-31(5,41-30(42)43)26-14-16-28(17-15-26)47-23(3)4/h9,13-17,20-21,23,44H,6-8,10-12,18-19,22H2,1-5H3,(H,41,43)/b13-9+. The van der Waals surface area contributed by atoms with E-state index in [9.17, 15) is 36.2 Å². The molecule has 2 aromatic carbocycles. The highest BCUT2D eigenvalue weighted by atomic mass is 19.4. The van der Waals surface area contributed by atoms with Crippen LogP contribution in [0.15, 0.2) is 42.5 Å². The second-order valence-electron chi connectivity index (χ2n) is 11.9. The van der Waals surface area contributed by atoms with Crippen molar-refractivity contribution in [2.45, 2.75) is 103 Å². The van der Waals surface area contributed by atoms with Crippen molar-refractivity contribution in [3.63, 3.8) is 0 Å². The normalized spacial score (nSPS) is 17.8. The van der Waals surface area contributed by atoms with Gasteiger partial charge in [0.15, 0.2) is 5.72 Å². The predicted octanol–water partition coefficient (Wildman–Crippen LogP) is 8.58. The van der Waals surface area contributed by atoms with Gasteiger partial charge in [-0.2, -0.15) is 26.3 Å². The SMILES string of the molecule is CCC/C=C/c1cc(C(O)(C(F)(F)F)C(F)(F)F)cc(CCC)c1OCCCCN1COC(C)(c2ccc(OC(C)C)cc2)NC1=O. The maximum Gasteiger partial charge on any atom is 0.430 e. The summed E-state index contributed by atoms with van der Waals surface area (Å²) in [6.45, 7) is 9.65. The van der Waals surface area contributed by atoms with E-state index in [-0.39, 0.29) is 48.8 Å². The van der Waals surface area contributed by atoms with Crippen molar-refractivity contribution >= 4 is 12.1 Å². The molecule has 1 heterocycles. The lowest BCUT2D eigenvalue weighted by Crippen LogP contribution is -2.58. The number of rotatable bonds is 15. The first-order valence-electron chi connectivity index (χ1n) is 15.8. The van der Waals surface area contributed by atoms with Crippen LogP contribution in [0.3, 0.4) is 0 Å². The van der Waals surface area contributed by atoms with Gasteiger partial charge in [-0.1, -0.05) is 51.0 Å². The highest BCUT2D eigenvalue weighted by molar-refractivity contribution is 5.75. The fourth-order valence-electron chi connectivity index (χ4n) is 5.15. The van der Waals surface area contributed by atoms with Gasteiger partial charge < -0.3 is 29.5 Å². The van der Waals surface area contributed by atoms with Crippen LogP contribution >= 0.6 is 0 Å². The molecule has 47 heavy (non-hydrogen) atoms. The molecule has 1 unspecified atom stereocenters. The molecule has 0 aromatic heterocycles. The Kier molecular flexibility index (Phi) is 12.6. The largest absolute Gasteiger partial charge is 0.493 e. The van der Waals surface area contributed by atoms with E-state index >= 15 is 0 Å². The first-order valence-corrected chi connectivity index (χ1v) is 15.8. The zero-order chi connectivity index (χ0) is 35.0. The number of urea groups is 1. The van der Waals surface area contributed by atoms with Crippen LogP contribution in [0.1, 0.15) is 89.0 Å². The number of hydrogen-bond donors (Lipinski definition) is 2. The monoisotopic (exact) mass is 674 g/mol. The van der Waals surface area contributed by atoms with Gasteiger partial charge in [0.05, 0.1) is 12.7 Å². The van der Waals surface area contributed by atoms with Crippen molar-refractivity contribution in [2.75, 3.05) is 19.9 Å². The Morgan fingerprint density at radius 1 is 1.04 bits per heavy atom. The molecule has 0 radical (unpaired) electrons. The Morgan fingerprint density at radius 3 is 2.26 bits per heavy atom. The molecule has 0 bridgehead atoms. The first-order chi connectivity index (χ1) is 22.0. The number of unbranched alkanes of at least 4 members (excludes halogenated alkanes) is 2. The highest BCUT2D eigenvalue weighted by Gasteiger charge is 2.71. The van der Waals surface area contributed by atoms with Crippen molar-refractivity contribution < 1.29 is 50.5 Å². The van der Waals surface area contributed by atoms with Crippen LogP contribution in [0.5, 0.6) is 11.5 Å². The van der Waals surface area contributed by atoms with Gasteiger partial charge in [0.2, 0.25) is 0 Å². The van der Waals surface area contributed by atoms with Gasteiger partial charge in [-0.15, -0.1) is 0 Å². The molecular weight excluding hydrogens is 630 g/mol. The molecule has 2 amide bonds. The van der Waals surface area contributed by atoms with Crippen LogP contribution in [0.25, 0.3) is 6.08 Å². The summed E-state index contributed by atoms with van der Waals surface area (Å²) in [7, 11) is 0. The van der Waals surface area contributed by atoms with Crippen LogP contribution in [0, 0.1) is 0 Å². The maximum absolute atomic E-state index is 13.7. The van der Waals surface area contributed by atoms with Crippen LogP contribution in [0.4, 0.5) is 31.1 Å². The van der Waals surface area contributed by atoms with Crippen molar-refractivity contribution in [2.24, 2.45) is 0 Å². The number of aryl methyl sites for hydroxylation is 1. The number of halogens is 6. The molecule has 1 aliphatic heterocycles. The topological polar surface area (TPSA) is 80.3 Å². The maximum atomic E-state index is 13.7. The zero-order valence-electron chi connectivity index (χ0n) is 27.4. The zero-order valence-corrected chi connectivity index (χ0v) is 27.4. The summed E-state index contributed by atoms with van der Waals surface area (Å²) in [6.07, 6.45) is -6.24. The highest BCUT2D eigenvalue weighted by Crippen LogP contribution is 2.51. The second kappa shape index (κ2) is 15.6. The smallest absolute Gasteiger partial charge is 0.430 e. The molecule has 1 fully saturated rings. The van der Waals surface area contributed by atoms with E-state index < -0.39 is 29.2 Å². The number of nitrogens with zero attached hydrogens (tertiary/aromatic N) is 1. The summed E-state index contributed by atoms with van der Waals surface area (Å²) < 4.78 is 100. The van der Waals surface area contributed by atoms with E-state index in [1.165, 1.54) is 11.0 Å². The van der Waals surface area contributed by atoms with Gasteiger partial charge in [0.1, 0.15) is 18.2 Å². The van der Waals surface area contributed by atoms with Gasteiger partial charge in [-0.25, -0.2) is 4.79 Å². The number of ether oxygens (including phenoxy) is 3. The van der Waals surface area contributed by atoms with Crippen molar-refractivity contribution in [1.29, 1.82) is 0 Å². The third-order valence-electron chi connectivity index (χ3n) is 7.69. The van der Waals surface area contributed by atoms with E-state index in [0.29, 0.717) is 50.5 Å². The third kappa shape index (κ3) is 9.13. The molecule has 262 valence electrons. The van der Waals surface area contributed by atoms with Gasteiger partial charge in [-0.3, -0.25) is 0 Å². The summed E-state index contributed by atoms with van der Waals surface area (Å²) >= 11 is 0. The van der Waals surface area contributed by atoms with Gasteiger partial charge in [-0.05, 0) is 76.3 Å². The Hall–Kier alpha value is -3.45. The molecule has 0 spiro atoms. The summed E-state index contributed by atoms with van der Waals surface area (Å²) in [5.74, 6) is 0.860.